The van der Waals surface area contributed by atoms with Gasteiger partial charge in [0.15, 0.2) is 5.76 Å². The van der Waals surface area contributed by atoms with Crippen molar-refractivity contribution in [2.45, 2.75) is 5.22 Å². The van der Waals surface area contributed by atoms with Crippen molar-refractivity contribution in [1.82, 2.24) is 21.0 Å². The lowest BCUT2D eigenvalue weighted by Crippen LogP contribution is -2.42. The highest BCUT2D eigenvalue weighted by atomic mass is 35.5. The standard InChI is InChI=1S/C15H11ClN4O4S/c16-10-5-3-9(4-6-10)13(22)18-17-12(21)8-25-15-20-19-14(24-15)11-2-1-7-23-11/h1-7H,8H2,(H,17,21)(H,18,22). The number of thioether (sulfide) groups is 1. The normalized spacial score (nSPS) is 10.4. The first-order valence-corrected chi connectivity index (χ1v) is 8.33. The number of hydrogen-bond donors (Lipinski definition) is 2. The molecule has 0 aliphatic heterocycles. The van der Waals surface area contributed by atoms with Crippen LogP contribution < -0.4 is 10.9 Å². The van der Waals surface area contributed by atoms with E-state index in [0.717, 1.165) is 11.8 Å². The topological polar surface area (TPSA) is 110 Å². The molecule has 0 atom stereocenters. The molecule has 0 saturated heterocycles. The minimum atomic E-state index is -0.451. The zero-order chi connectivity index (χ0) is 17.6. The number of benzene rings is 1. The molecule has 0 aliphatic carbocycles. The zero-order valence-corrected chi connectivity index (χ0v) is 14.1. The first-order valence-electron chi connectivity index (χ1n) is 6.97. The SMILES string of the molecule is O=C(CSc1nnc(-c2ccco2)o1)NNC(=O)c1ccc(Cl)cc1. The maximum atomic E-state index is 11.8. The molecule has 0 aliphatic rings. The smallest absolute Gasteiger partial charge is 0.284 e. The lowest BCUT2D eigenvalue weighted by molar-refractivity contribution is -0.119. The van der Waals surface area contributed by atoms with Gasteiger partial charge >= 0.3 is 0 Å². The zero-order valence-electron chi connectivity index (χ0n) is 12.6. The summed E-state index contributed by atoms with van der Waals surface area (Å²) >= 11 is 6.78. The highest BCUT2D eigenvalue weighted by Gasteiger charge is 2.13. The monoisotopic (exact) mass is 378 g/mol. The van der Waals surface area contributed by atoms with Crippen LogP contribution in [0.5, 0.6) is 0 Å². The summed E-state index contributed by atoms with van der Waals surface area (Å²) in [6.07, 6.45) is 1.49. The van der Waals surface area contributed by atoms with Crippen LogP contribution in [0, 0.1) is 0 Å². The van der Waals surface area contributed by atoms with Crippen LogP contribution in [-0.2, 0) is 4.79 Å². The number of nitrogens with one attached hydrogen (secondary N) is 2. The third-order valence-corrected chi connectivity index (χ3v) is 3.96. The lowest BCUT2D eigenvalue weighted by Gasteiger charge is -2.06. The Hall–Kier alpha value is -2.78. The predicted octanol–water partition coefficient (Wildman–Crippen LogP) is 2.54. The van der Waals surface area contributed by atoms with Crippen molar-refractivity contribution in [1.29, 1.82) is 0 Å². The molecule has 0 spiro atoms. The van der Waals surface area contributed by atoms with Gasteiger partial charge in [-0.05, 0) is 36.4 Å². The van der Waals surface area contributed by atoms with Gasteiger partial charge in [0.05, 0.1) is 12.0 Å². The molecule has 2 aromatic heterocycles. The fourth-order valence-corrected chi connectivity index (χ4v) is 2.42. The predicted molar refractivity (Wildman–Crippen MR) is 89.8 cm³/mol. The number of hydrogen-bond acceptors (Lipinski definition) is 7. The van der Waals surface area contributed by atoms with Gasteiger partial charge in [-0.2, -0.15) is 0 Å². The highest BCUT2D eigenvalue weighted by Crippen LogP contribution is 2.23. The Morgan fingerprint density at radius 1 is 1.12 bits per heavy atom. The van der Waals surface area contributed by atoms with Crippen molar-refractivity contribution in [3.63, 3.8) is 0 Å². The molecule has 128 valence electrons. The molecular formula is C15H11ClN4O4S. The minimum Gasteiger partial charge on any atom is -0.459 e. The maximum absolute atomic E-state index is 11.8. The fraction of sp³-hybridized carbons (Fsp3) is 0.0667. The van der Waals surface area contributed by atoms with E-state index in [1.54, 1.807) is 36.4 Å². The first kappa shape index (κ1) is 17.1. The summed E-state index contributed by atoms with van der Waals surface area (Å²) in [4.78, 5) is 23.6. The van der Waals surface area contributed by atoms with Crippen LogP contribution >= 0.6 is 23.4 Å². The molecule has 25 heavy (non-hydrogen) atoms. The van der Waals surface area contributed by atoms with E-state index >= 15 is 0 Å². The number of halogens is 1. The third-order valence-electron chi connectivity index (χ3n) is 2.89. The molecule has 0 fully saturated rings. The van der Waals surface area contributed by atoms with E-state index < -0.39 is 11.8 Å². The molecule has 3 aromatic rings. The Morgan fingerprint density at radius 3 is 2.64 bits per heavy atom. The van der Waals surface area contributed by atoms with Gasteiger partial charge in [-0.3, -0.25) is 20.4 Å². The Morgan fingerprint density at radius 2 is 1.92 bits per heavy atom. The van der Waals surface area contributed by atoms with E-state index in [0.29, 0.717) is 16.3 Å². The van der Waals surface area contributed by atoms with Crippen molar-refractivity contribution >= 4 is 35.2 Å². The summed E-state index contributed by atoms with van der Waals surface area (Å²) in [6, 6.07) is 9.64. The highest BCUT2D eigenvalue weighted by molar-refractivity contribution is 7.99. The molecule has 0 unspecified atom stereocenters. The van der Waals surface area contributed by atoms with Crippen LogP contribution in [0.1, 0.15) is 10.4 Å². The number of carbonyl (C=O) groups is 2. The number of aromatic nitrogens is 2. The summed E-state index contributed by atoms with van der Waals surface area (Å²) in [5, 5.41) is 8.35. The minimum absolute atomic E-state index is 0.0132. The maximum Gasteiger partial charge on any atom is 0.284 e. The van der Waals surface area contributed by atoms with Crippen molar-refractivity contribution in [3.05, 3.63) is 53.2 Å². The molecule has 1 aromatic carbocycles. The molecule has 2 N–H and O–H groups in total. The third kappa shape index (κ3) is 4.61. The molecule has 0 saturated carbocycles. The van der Waals surface area contributed by atoms with Gasteiger partial charge in [0.25, 0.3) is 17.0 Å². The van der Waals surface area contributed by atoms with Crippen LogP contribution in [0.15, 0.2) is 56.7 Å². The Kier molecular flexibility index (Phi) is 5.36. The van der Waals surface area contributed by atoms with E-state index in [-0.39, 0.29) is 16.9 Å². The number of furan rings is 1. The van der Waals surface area contributed by atoms with Crippen LogP contribution in [-0.4, -0.2) is 27.8 Å². The Bertz CT molecular complexity index is 864. The summed E-state index contributed by atoms with van der Waals surface area (Å²) in [5.41, 5.74) is 4.98. The van der Waals surface area contributed by atoms with E-state index in [4.69, 9.17) is 20.4 Å². The van der Waals surface area contributed by atoms with Crippen molar-refractivity contribution in [2.75, 3.05) is 5.75 Å². The van der Waals surface area contributed by atoms with Gasteiger partial charge in [0.2, 0.25) is 5.91 Å². The average molecular weight is 379 g/mol. The van der Waals surface area contributed by atoms with Gasteiger partial charge < -0.3 is 8.83 Å². The van der Waals surface area contributed by atoms with E-state index in [2.05, 4.69) is 21.0 Å². The largest absolute Gasteiger partial charge is 0.459 e. The summed E-state index contributed by atoms with van der Waals surface area (Å²) < 4.78 is 10.5. The molecule has 2 heterocycles. The lowest BCUT2D eigenvalue weighted by atomic mass is 10.2. The second-order valence-electron chi connectivity index (χ2n) is 4.65. The first-order chi connectivity index (χ1) is 12.1. The summed E-state index contributed by atoms with van der Waals surface area (Å²) in [7, 11) is 0. The van der Waals surface area contributed by atoms with E-state index in [1.165, 1.54) is 6.26 Å². The molecule has 3 rings (SSSR count). The quantitative estimate of drug-likeness (QED) is 0.518. The second-order valence-corrected chi connectivity index (χ2v) is 6.01. The fourth-order valence-electron chi connectivity index (χ4n) is 1.73. The molecule has 2 amide bonds. The summed E-state index contributed by atoms with van der Waals surface area (Å²) in [5.74, 6) is -0.221. The van der Waals surface area contributed by atoms with Crippen LogP contribution in [0.4, 0.5) is 0 Å². The molecule has 8 nitrogen and oxygen atoms in total. The van der Waals surface area contributed by atoms with Gasteiger partial charge in [-0.15, -0.1) is 10.2 Å². The van der Waals surface area contributed by atoms with E-state index in [1.807, 2.05) is 0 Å². The van der Waals surface area contributed by atoms with Gasteiger partial charge in [-0.25, -0.2) is 0 Å². The molecule has 10 heteroatoms. The van der Waals surface area contributed by atoms with Crippen LogP contribution in [0.2, 0.25) is 5.02 Å². The number of rotatable bonds is 5. The number of amides is 2. The van der Waals surface area contributed by atoms with Crippen LogP contribution in [0.25, 0.3) is 11.7 Å². The van der Waals surface area contributed by atoms with Crippen molar-refractivity contribution < 1.29 is 18.4 Å². The van der Waals surface area contributed by atoms with Crippen molar-refractivity contribution in [2.24, 2.45) is 0 Å². The van der Waals surface area contributed by atoms with Gasteiger partial charge in [0.1, 0.15) is 0 Å². The van der Waals surface area contributed by atoms with E-state index in [9.17, 15) is 9.59 Å². The Balaban J connectivity index is 1.45. The summed E-state index contributed by atoms with van der Waals surface area (Å²) in [6.45, 7) is 0. The number of hydrazine groups is 1. The van der Waals surface area contributed by atoms with Crippen molar-refractivity contribution in [3.8, 4) is 11.7 Å². The Labute approximate surface area is 150 Å². The van der Waals surface area contributed by atoms with Gasteiger partial charge in [0, 0.05) is 10.6 Å². The second kappa shape index (κ2) is 7.86. The van der Waals surface area contributed by atoms with Crippen LogP contribution in [0.3, 0.4) is 0 Å². The number of carbonyl (C=O) groups excluding carboxylic acids is 2. The molecular weight excluding hydrogens is 368 g/mol. The van der Waals surface area contributed by atoms with Gasteiger partial charge in [-0.1, -0.05) is 23.4 Å². The average Bonchev–Trinajstić information content (AvgIpc) is 3.29. The molecule has 0 bridgehead atoms. The number of nitrogens with zero attached hydrogens (tertiary/aromatic N) is 2. The molecule has 0 radical (unpaired) electrons.